The van der Waals surface area contributed by atoms with Gasteiger partial charge in [-0.25, -0.2) is 0 Å². The van der Waals surface area contributed by atoms with Gasteiger partial charge in [-0.05, 0) is 43.5 Å². The second-order valence-electron chi connectivity index (χ2n) is 4.80. The second kappa shape index (κ2) is 5.40. The van der Waals surface area contributed by atoms with E-state index in [1.807, 2.05) is 24.3 Å². The van der Waals surface area contributed by atoms with Crippen molar-refractivity contribution in [2.75, 3.05) is 6.54 Å². The second-order valence-corrected chi connectivity index (χ2v) is 4.80. The Morgan fingerprint density at radius 1 is 1.37 bits per heavy atom. The van der Waals surface area contributed by atoms with Crippen LogP contribution in [-0.4, -0.2) is 16.7 Å². The van der Waals surface area contributed by atoms with Gasteiger partial charge in [0, 0.05) is 5.92 Å². The fourth-order valence-electron chi connectivity index (χ4n) is 1.94. The van der Waals surface area contributed by atoms with Crippen LogP contribution in [-0.2, 0) is 13.0 Å². The summed E-state index contributed by atoms with van der Waals surface area (Å²) >= 11 is 0. The van der Waals surface area contributed by atoms with E-state index in [2.05, 4.69) is 10.1 Å². The van der Waals surface area contributed by atoms with E-state index >= 15 is 0 Å². The molecule has 0 atom stereocenters. The first kappa shape index (κ1) is 12.2. The highest BCUT2D eigenvalue weighted by atomic mass is 16.5. The van der Waals surface area contributed by atoms with Gasteiger partial charge in [0.2, 0.25) is 0 Å². The number of nitrogens with two attached hydrogens (primary N) is 1. The molecule has 0 saturated heterocycles. The highest BCUT2D eigenvalue weighted by molar-refractivity contribution is 5.28. The van der Waals surface area contributed by atoms with Crippen LogP contribution in [0.25, 0.3) is 0 Å². The van der Waals surface area contributed by atoms with Gasteiger partial charge in [-0.3, -0.25) is 0 Å². The Labute approximate surface area is 111 Å². The van der Waals surface area contributed by atoms with Crippen LogP contribution in [0.3, 0.4) is 0 Å². The number of hydrogen-bond donors (Lipinski definition) is 1. The van der Waals surface area contributed by atoms with Gasteiger partial charge in [-0.1, -0.05) is 17.3 Å². The van der Waals surface area contributed by atoms with Crippen molar-refractivity contribution in [3.8, 4) is 5.75 Å². The third-order valence-corrected chi connectivity index (χ3v) is 3.12. The van der Waals surface area contributed by atoms with Gasteiger partial charge in [0.25, 0.3) is 5.89 Å². The van der Waals surface area contributed by atoms with Crippen molar-refractivity contribution >= 4 is 0 Å². The number of aromatic nitrogens is 2. The molecule has 100 valence electrons. The molecule has 0 spiro atoms. The average molecular weight is 259 g/mol. The molecule has 0 bridgehead atoms. The Morgan fingerprint density at radius 2 is 2.26 bits per heavy atom. The van der Waals surface area contributed by atoms with Gasteiger partial charge < -0.3 is 15.0 Å². The Hall–Kier alpha value is -1.88. The van der Waals surface area contributed by atoms with Crippen molar-refractivity contribution in [3.05, 3.63) is 41.5 Å². The lowest BCUT2D eigenvalue weighted by Crippen LogP contribution is -2.03. The molecule has 0 unspecified atom stereocenters. The third-order valence-electron chi connectivity index (χ3n) is 3.12. The van der Waals surface area contributed by atoms with Gasteiger partial charge in [0.05, 0.1) is 0 Å². The molecule has 0 aliphatic heterocycles. The first-order valence-electron chi connectivity index (χ1n) is 6.59. The molecule has 1 heterocycles. The molecule has 0 amide bonds. The SMILES string of the molecule is NCCc1cccc(OCc2nc(C3CC3)no2)c1. The monoisotopic (exact) mass is 259 g/mol. The van der Waals surface area contributed by atoms with Crippen LogP contribution in [0.15, 0.2) is 28.8 Å². The number of rotatable bonds is 6. The van der Waals surface area contributed by atoms with Gasteiger partial charge in [0.15, 0.2) is 12.4 Å². The number of ether oxygens (including phenoxy) is 1. The molecule has 1 aliphatic carbocycles. The zero-order valence-electron chi connectivity index (χ0n) is 10.7. The van der Waals surface area contributed by atoms with Crippen molar-refractivity contribution in [1.29, 1.82) is 0 Å². The first-order valence-corrected chi connectivity index (χ1v) is 6.59. The fourth-order valence-corrected chi connectivity index (χ4v) is 1.94. The molecule has 1 aromatic carbocycles. The van der Waals surface area contributed by atoms with Gasteiger partial charge in [-0.15, -0.1) is 0 Å². The fraction of sp³-hybridized carbons (Fsp3) is 0.429. The topological polar surface area (TPSA) is 74.2 Å². The quantitative estimate of drug-likeness (QED) is 0.859. The van der Waals surface area contributed by atoms with Crippen molar-refractivity contribution in [2.24, 2.45) is 5.73 Å². The highest BCUT2D eigenvalue weighted by Crippen LogP contribution is 2.38. The molecule has 19 heavy (non-hydrogen) atoms. The van der Waals surface area contributed by atoms with Crippen LogP contribution in [0, 0.1) is 0 Å². The molecule has 2 aromatic rings. The number of benzene rings is 1. The molecular weight excluding hydrogens is 242 g/mol. The normalized spacial score (nSPS) is 14.6. The smallest absolute Gasteiger partial charge is 0.264 e. The Kier molecular flexibility index (Phi) is 3.46. The summed E-state index contributed by atoms with van der Waals surface area (Å²) in [7, 11) is 0. The summed E-state index contributed by atoms with van der Waals surface area (Å²) < 4.78 is 10.8. The third kappa shape index (κ3) is 3.12. The maximum atomic E-state index is 5.66. The number of hydrogen-bond acceptors (Lipinski definition) is 5. The van der Waals surface area contributed by atoms with Gasteiger partial charge in [0.1, 0.15) is 5.75 Å². The lowest BCUT2D eigenvalue weighted by molar-refractivity contribution is 0.242. The predicted molar refractivity (Wildman–Crippen MR) is 69.8 cm³/mol. The first-order chi connectivity index (χ1) is 9.35. The van der Waals surface area contributed by atoms with E-state index in [1.165, 1.54) is 18.4 Å². The minimum absolute atomic E-state index is 0.311. The standard InChI is InChI=1S/C14H17N3O2/c15-7-6-10-2-1-3-12(8-10)18-9-13-16-14(17-19-13)11-4-5-11/h1-3,8,11H,4-7,9,15H2. The summed E-state index contributed by atoms with van der Waals surface area (Å²) in [6.07, 6.45) is 3.19. The molecular formula is C14H17N3O2. The number of nitrogens with zero attached hydrogens (tertiary/aromatic N) is 2. The van der Waals surface area contributed by atoms with E-state index in [0.717, 1.165) is 18.0 Å². The molecule has 1 aromatic heterocycles. The molecule has 1 fully saturated rings. The van der Waals surface area contributed by atoms with E-state index in [0.29, 0.717) is 25.0 Å². The predicted octanol–water partition coefficient (Wildman–Crippen LogP) is 2.03. The molecule has 3 rings (SSSR count). The average Bonchev–Trinajstić information content (AvgIpc) is 3.17. The summed E-state index contributed by atoms with van der Waals surface area (Å²) in [5.41, 5.74) is 6.71. The van der Waals surface area contributed by atoms with E-state index in [-0.39, 0.29) is 0 Å². The summed E-state index contributed by atoms with van der Waals surface area (Å²) in [5, 5.41) is 3.95. The van der Waals surface area contributed by atoms with Crippen LogP contribution >= 0.6 is 0 Å². The minimum Gasteiger partial charge on any atom is -0.484 e. The molecule has 1 aliphatic rings. The molecule has 2 N–H and O–H groups in total. The van der Waals surface area contributed by atoms with Crippen LogP contribution in [0.2, 0.25) is 0 Å². The van der Waals surface area contributed by atoms with E-state index in [4.69, 9.17) is 15.0 Å². The van der Waals surface area contributed by atoms with Crippen molar-refractivity contribution in [1.82, 2.24) is 10.1 Å². The minimum atomic E-state index is 0.311. The Morgan fingerprint density at radius 3 is 3.05 bits per heavy atom. The highest BCUT2D eigenvalue weighted by Gasteiger charge is 2.28. The van der Waals surface area contributed by atoms with Crippen LogP contribution < -0.4 is 10.5 Å². The maximum Gasteiger partial charge on any atom is 0.264 e. The lowest BCUT2D eigenvalue weighted by Gasteiger charge is -2.05. The van der Waals surface area contributed by atoms with Crippen molar-refractivity contribution in [2.45, 2.75) is 31.8 Å². The largest absolute Gasteiger partial charge is 0.484 e. The summed E-state index contributed by atoms with van der Waals surface area (Å²) in [4.78, 5) is 4.32. The maximum absolute atomic E-state index is 5.66. The van der Waals surface area contributed by atoms with E-state index in [1.54, 1.807) is 0 Å². The Bertz CT molecular complexity index is 549. The summed E-state index contributed by atoms with van der Waals surface area (Å²) in [6, 6.07) is 7.91. The van der Waals surface area contributed by atoms with Crippen LogP contribution in [0.1, 0.15) is 36.0 Å². The molecule has 0 radical (unpaired) electrons. The zero-order valence-corrected chi connectivity index (χ0v) is 10.7. The molecule has 5 heteroatoms. The summed E-state index contributed by atoms with van der Waals surface area (Å²) in [6.45, 7) is 0.948. The lowest BCUT2D eigenvalue weighted by atomic mass is 10.1. The van der Waals surface area contributed by atoms with Crippen molar-refractivity contribution in [3.63, 3.8) is 0 Å². The van der Waals surface area contributed by atoms with E-state index in [9.17, 15) is 0 Å². The molecule has 5 nitrogen and oxygen atoms in total. The van der Waals surface area contributed by atoms with E-state index < -0.39 is 0 Å². The molecule has 1 saturated carbocycles. The van der Waals surface area contributed by atoms with Crippen LogP contribution in [0.4, 0.5) is 0 Å². The summed E-state index contributed by atoms with van der Waals surface area (Å²) in [5.74, 6) is 2.66. The van der Waals surface area contributed by atoms with Gasteiger partial charge >= 0.3 is 0 Å². The Balaban J connectivity index is 1.59. The van der Waals surface area contributed by atoms with Gasteiger partial charge in [-0.2, -0.15) is 4.98 Å². The zero-order chi connectivity index (χ0) is 13.1. The van der Waals surface area contributed by atoms with Crippen LogP contribution in [0.5, 0.6) is 5.75 Å². The van der Waals surface area contributed by atoms with Crippen molar-refractivity contribution < 1.29 is 9.26 Å².